The predicted octanol–water partition coefficient (Wildman–Crippen LogP) is 4.61. The molecule has 0 bridgehead atoms. The van der Waals surface area contributed by atoms with Crippen LogP contribution in [0.4, 0.5) is 11.4 Å². The highest BCUT2D eigenvalue weighted by Crippen LogP contribution is 2.19. The van der Waals surface area contributed by atoms with Crippen LogP contribution in [0.2, 0.25) is 5.02 Å². The molecule has 2 aromatic carbocycles. The zero-order valence-corrected chi connectivity index (χ0v) is 17.5. The number of nitrogens with one attached hydrogen (secondary N) is 2. The molecule has 0 aliphatic rings. The highest BCUT2D eigenvalue weighted by Gasteiger charge is 2.15. The van der Waals surface area contributed by atoms with E-state index in [1.54, 1.807) is 66.9 Å². The van der Waals surface area contributed by atoms with E-state index < -0.39 is 0 Å². The normalized spacial score (nSPS) is 10.5. The van der Waals surface area contributed by atoms with Crippen LogP contribution in [0.15, 0.2) is 77.4 Å². The first-order chi connectivity index (χ1) is 15.6. The van der Waals surface area contributed by atoms with Crippen molar-refractivity contribution in [2.24, 2.45) is 0 Å². The highest BCUT2D eigenvalue weighted by atomic mass is 35.5. The maximum Gasteiger partial charge on any atom is 0.257 e. The molecule has 4 aromatic rings. The van der Waals surface area contributed by atoms with Crippen molar-refractivity contribution < 1.29 is 14.1 Å². The second-order valence-electron chi connectivity index (χ2n) is 6.78. The Morgan fingerprint density at radius 1 is 0.938 bits per heavy atom. The molecule has 0 fully saturated rings. The van der Waals surface area contributed by atoms with Crippen molar-refractivity contribution in [1.29, 1.82) is 0 Å². The third-order valence-electron chi connectivity index (χ3n) is 4.48. The van der Waals surface area contributed by atoms with Crippen LogP contribution in [0, 0.1) is 0 Å². The molecule has 0 aliphatic carbocycles. The number of benzene rings is 2. The second kappa shape index (κ2) is 9.84. The number of rotatable bonds is 7. The quantitative estimate of drug-likeness (QED) is 0.428. The minimum absolute atomic E-state index is 0.108. The van der Waals surface area contributed by atoms with Crippen molar-refractivity contribution >= 4 is 34.8 Å². The lowest BCUT2D eigenvalue weighted by atomic mass is 10.1. The largest absolute Gasteiger partial charge is 0.339 e. The highest BCUT2D eigenvalue weighted by molar-refractivity contribution is 6.30. The number of anilines is 2. The van der Waals surface area contributed by atoms with Gasteiger partial charge in [0.05, 0.1) is 11.3 Å². The molecule has 4 rings (SSSR count). The van der Waals surface area contributed by atoms with Crippen LogP contribution in [0.5, 0.6) is 0 Å². The summed E-state index contributed by atoms with van der Waals surface area (Å²) in [6, 6.07) is 18.9. The second-order valence-corrected chi connectivity index (χ2v) is 7.22. The van der Waals surface area contributed by atoms with Crippen LogP contribution in [0.3, 0.4) is 0 Å². The fourth-order valence-electron chi connectivity index (χ4n) is 2.91. The van der Waals surface area contributed by atoms with Gasteiger partial charge >= 0.3 is 0 Å². The van der Waals surface area contributed by atoms with Gasteiger partial charge in [0.1, 0.15) is 5.69 Å². The molecular weight excluding hydrogens is 430 g/mol. The lowest BCUT2D eigenvalue weighted by molar-refractivity contribution is -0.116. The number of halogens is 1. The van der Waals surface area contributed by atoms with Crippen LogP contribution in [0.25, 0.3) is 11.5 Å². The van der Waals surface area contributed by atoms with Crippen molar-refractivity contribution in [2.45, 2.75) is 12.8 Å². The molecular formula is C23H18ClN5O3. The van der Waals surface area contributed by atoms with Gasteiger partial charge in [0.25, 0.3) is 5.91 Å². The Labute approximate surface area is 188 Å². The van der Waals surface area contributed by atoms with E-state index >= 15 is 0 Å². The van der Waals surface area contributed by atoms with E-state index in [9.17, 15) is 9.59 Å². The Hall–Kier alpha value is -4.04. The minimum atomic E-state index is -0.347. The number of carbonyl (C=O) groups excluding carboxylic acids is 2. The van der Waals surface area contributed by atoms with E-state index in [2.05, 4.69) is 25.8 Å². The number of carbonyl (C=O) groups is 2. The number of amides is 2. The summed E-state index contributed by atoms with van der Waals surface area (Å²) in [5.74, 6) is 0.0641. The number of nitrogens with zero attached hydrogens (tertiary/aromatic N) is 3. The number of para-hydroxylation sites is 1. The van der Waals surface area contributed by atoms with E-state index in [0.717, 1.165) is 0 Å². The minimum Gasteiger partial charge on any atom is -0.339 e. The summed E-state index contributed by atoms with van der Waals surface area (Å²) in [4.78, 5) is 33.6. The van der Waals surface area contributed by atoms with Crippen molar-refractivity contribution in [2.75, 3.05) is 10.6 Å². The summed E-state index contributed by atoms with van der Waals surface area (Å²) < 4.78 is 5.20. The van der Waals surface area contributed by atoms with Crippen LogP contribution in [-0.4, -0.2) is 26.9 Å². The number of aromatic nitrogens is 3. The molecule has 2 aromatic heterocycles. The van der Waals surface area contributed by atoms with E-state index in [-0.39, 0.29) is 24.7 Å². The van der Waals surface area contributed by atoms with Crippen molar-refractivity contribution in [3.8, 4) is 11.5 Å². The maximum atomic E-state index is 12.7. The zero-order valence-electron chi connectivity index (χ0n) is 16.8. The molecule has 32 heavy (non-hydrogen) atoms. The molecule has 0 unspecified atom stereocenters. The number of aryl methyl sites for hydroxylation is 1. The Morgan fingerprint density at radius 2 is 1.72 bits per heavy atom. The third-order valence-corrected chi connectivity index (χ3v) is 4.73. The fourth-order valence-corrected chi connectivity index (χ4v) is 3.04. The molecule has 160 valence electrons. The lowest BCUT2D eigenvalue weighted by Gasteiger charge is -2.11. The number of pyridine rings is 1. The first-order valence-electron chi connectivity index (χ1n) is 9.78. The van der Waals surface area contributed by atoms with Crippen molar-refractivity contribution in [3.05, 3.63) is 89.4 Å². The number of hydrogen-bond donors (Lipinski definition) is 2. The van der Waals surface area contributed by atoms with Gasteiger partial charge in [-0.05, 0) is 48.5 Å². The molecule has 9 heteroatoms. The molecule has 0 spiro atoms. The Morgan fingerprint density at radius 3 is 2.50 bits per heavy atom. The summed E-state index contributed by atoms with van der Waals surface area (Å²) >= 11 is 5.88. The Kier molecular flexibility index (Phi) is 6.52. The summed E-state index contributed by atoms with van der Waals surface area (Å²) in [7, 11) is 0. The molecule has 2 N–H and O–H groups in total. The number of hydrogen-bond acceptors (Lipinski definition) is 6. The van der Waals surface area contributed by atoms with Gasteiger partial charge in [-0.25, -0.2) is 0 Å². The summed E-state index contributed by atoms with van der Waals surface area (Å²) in [6.07, 6.45) is 2.00. The van der Waals surface area contributed by atoms with Crippen LogP contribution < -0.4 is 10.6 Å². The smallest absolute Gasteiger partial charge is 0.257 e. The van der Waals surface area contributed by atoms with E-state index in [1.165, 1.54) is 0 Å². The molecule has 0 radical (unpaired) electrons. The van der Waals surface area contributed by atoms with Gasteiger partial charge in [0, 0.05) is 29.7 Å². The van der Waals surface area contributed by atoms with Gasteiger partial charge in [0.15, 0.2) is 0 Å². The van der Waals surface area contributed by atoms with Gasteiger partial charge in [-0.2, -0.15) is 4.98 Å². The van der Waals surface area contributed by atoms with E-state index in [0.29, 0.717) is 39.4 Å². The van der Waals surface area contributed by atoms with Gasteiger partial charge in [-0.15, -0.1) is 0 Å². The Balaban J connectivity index is 1.37. The van der Waals surface area contributed by atoms with Crippen molar-refractivity contribution in [3.63, 3.8) is 0 Å². The lowest BCUT2D eigenvalue weighted by Crippen LogP contribution is -2.18. The first-order valence-corrected chi connectivity index (χ1v) is 10.2. The van der Waals surface area contributed by atoms with Gasteiger partial charge in [-0.1, -0.05) is 35.0 Å². The van der Waals surface area contributed by atoms with Crippen molar-refractivity contribution in [1.82, 2.24) is 15.1 Å². The molecule has 0 saturated carbocycles. The van der Waals surface area contributed by atoms with Gasteiger partial charge < -0.3 is 15.2 Å². The average Bonchev–Trinajstić information content (AvgIpc) is 3.29. The molecule has 0 atom stereocenters. The molecule has 2 heterocycles. The molecule has 2 amide bonds. The Bertz CT molecular complexity index is 1230. The molecule has 0 aliphatic heterocycles. The van der Waals surface area contributed by atoms with Gasteiger partial charge in [0.2, 0.25) is 17.6 Å². The van der Waals surface area contributed by atoms with E-state index in [4.69, 9.17) is 16.1 Å². The maximum absolute atomic E-state index is 12.7. The van der Waals surface area contributed by atoms with E-state index in [1.807, 2.05) is 6.07 Å². The molecule has 8 nitrogen and oxygen atoms in total. The monoisotopic (exact) mass is 447 g/mol. The fraction of sp³-hybridized carbons (Fsp3) is 0.0870. The van der Waals surface area contributed by atoms with Crippen LogP contribution >= 0.6 is 11.6 Å². The third kappa shape index (κ3) is 5.35. The average molecular weight is 448 g/mol. The van der Waals surface area contributed by atoms with Crippen LogP contribution in [0.1, 0.15) is 22.7 Å². The summed E-state index contributed by atoms with van der Waals surface area (Å²) in [6.45, 7) is 0. The summed E-state index contributed by atoms with van der Waals surface area (Å²) in [5, 5.41) is 10.0. The first kappa shape index (κ1) is 21.2. The molecule has 0 saturated heterocycles. The zero-order chi connectivity index (χ0) is 22.3. The predicted molar refractivity (Wildman–Crippen MR) is 120 cm³/mol. The van der Waals surface area contributed by atoms with Gasteiger partial charge in [-0.3, -0.25) is 14.6 Å². The standard InChI is InChI=1S/C23H18ClN5O3/c24-15-8-10-16(11-9-15)26-23(31)17-5-1-2-6-18(17)27-20(30)12-13-21-28-22(29-32-21)19-7-3-4-14-25-19/h1-11,14H,12-13H2,(H,26,31)(H,27,30). The SMILES string of the molecule is O=C(CCc1nc(-c2ccccn2)no1)Nc1ccccc1C(=O)Nc1ccc(Cl)cc1. The topological polar surface area (TPSA) is 110 Å². The summed E-state index contributed by atoms with van der Waals surface area (Å²) in [5.41, 5.74) is 1.93. The van der Waals surface area contributed by atoms with Crippen LogP contribution in [-0.2, 0) is 11.2 Å².